The summed E-state index contributed by atoms with van der Waals surface area (Å²) in [5.74, 6) is -0.178. The van der Waals surface area contributed by atoms with E-state index in [9.17, 15) is 24.8 Å². The number of nitriles is 1. The minimum absolute atomic E-state index is 0.0364. The lowest BCUT2D eigenvalue weighted by atomic mass is 9.71. The van der Waals surface area contributed by atoms with Gasteiger partial charge in [-0.15, -0.1) is 11.8 Å². The maximum atomic E-state index is 13.0. The average molecular weight is 666 g/mol. The van der Waals surface area contributed by atoms with Gasteiger partial charge in [-0.1, -0.05) is 6.07 Å². The Labute approximate surface area is 275 Å². The highest BCUT2D eigenvalue weighted by atomic mass is 32.2. The van der Waals surface area contributed by atoms with Gasteiger partial charge in [-0.05, 0) is 38.4 Å². The number of cyclic esters (lactones) is 1. The highest BCUT2D eigenvalue weighted by molar-refractivity contribution is 8.00. The predicted octanol–water partition coefficient (Wildman–Crippen LogP) is 2.47. The maximum absolute atomic E-state index is 13.0. The van der Waals surface area contributed by atoms with Crippen molar-refractivity contribution in [1.29, 1.82) is 5.26 Å². The molecule has 0 amide bonds. The molecule has 5 aliphatic heterocycles. The van der Waals surface area contributed by atoms with E-state index in [0.29, 0.717) is 51.9 Å². The van der Waals surface area contributed by atoms with E-state index in [0.717, 1.165) is 16.7 Å². The molecular weight excluding hydrogens is 630 g/mol. The molecule has 2 fully saturated rings. The molecule has 2 aromatic carbocycles. The number of ether oxygens (including phenoxy) is 6. The molecule has 248 valence electrons. The molecule has 13 nitrogen and oxygen atoms in total. The lowest BCUT2D eigenvalue weighted by Gasteiger charge is -2.61. The van der Waals surface area contributed by atoms with Crippen LogP contribution in [0.4, 0.5) is 0 Å². The van der Waals surface area contributed by atoms with Gasteiger partial charge in [0.25, 0.3) is 0 Å². The number of aliphatic hydroxyl groups excluding tert-OH is 1. The van der Waals surface area contributed by atoms with Gasteiger partial charge in [0.15, 0.2) is 23.0 Å². The van der Waals surface area contributed by atoms with Crippen molar-refractivity contribution in [3.05, 3.63) is 39.4 Å². The fourth-order valence-corrected chi connectivity index (χ4v) is 9.50. The number of piperazine rings is 1. The number of esters is 2. The molecule has 14 heteroatoms. The van der Waals surface area contributed by atoms with Gasteiger partial charge in [0.2, 0.25) is 12.6 Å². The molecule has 1 N–H and O–H groups in total. The highest BCUT2D eigenvalue weighted by Crippen LogP contribution is 2.64. The number of hydrogen-bond acceptors (Lipinski definition) is 14. The Kier molecular flexibility index (Phi) is 7.99. The molecule has 47 heavy (non-hydrogen) atoms. The van der Waals surface area contributed by atoms with Crippen LogP contribution < -0.4 is 23.7 Å². The second-order valence-electron chi connectivity index (χ2n) is 12.3. The summed E-state index contributed by atoms with van der Waals surface area (Å²) in [6.45, 7) is 4.56. The maximum Gasteiger partial charge on any atom is 0.375 e. The summed E-state index contributed by atoms with van der Waals surface area (Å²) in [5.41, 5.74) is 4.51. The predicted molar refractivity (Wildman–Crippen MR) is 166 cm³/mol. The van der Waals surface area contributed by atoms with Crippen LogP contribution in [0.2, 0.25) is 0 Å². The molecule has 6 atom stereocenters. The van der Waals surface area contributed by atoms with Gasteiger partial charge in [0.05, 0.1) is 42.9 Å². The number of aryl methyl sites for hydroxylation is 1. The first-order valence-electron chi connectivity index (χ1n) is 15.4. The molecule has 0 aliphatic carbocycles. The second kappa shape index (κ2) is 11.9. The normalized spacial score (nSPS) is 27.6. The second-order valence-corrected chi connectivity index (χ2v) is 13.4. The van der Waals surface area contributed by atoms with Crippen LogP contribution in [-0.4, -0.2) is 97.3 Å². The fourth-order valence-electron chi connectivity index (χ4n) is 8.16. The van der Waals surface area contributed by atoms with Crippen molar-refractivity contribution >= 4 is 29.5 Å². The van der Waals surface area contributed by atoms with Crippen LogP contribution in [0, 0.1) is 25.2 Å². The van der Waals surface area contributed by atoms with Crippen LogP contribution in [0.5, 0.6) is 28.7 Å². The molecule has 2 aromatic rings. The lowest BCUT2D eigenvalue weighted by molar-refractivity contribution is -0.157. The van der Waals surface area contributed by atoms with E-state index in [-0.39, 0.29) is 38.4 Å². The smallest absolute Gasteiger partial charge is 0.375 e. The summed E-state index contributed by atoms with van der Waals surface area (Å²) in [6, 6.07) is 1.98. The van der Waals surface area contributed by atoms with Gasteiger partial charge in [-0.2, -0.15) is 5.26 Å². The Morgan fingerprint density at radius 3 is 2.60 bits per heavy atom. The lowest BCUT2D eigenvalue weighted by Crippen LogP contribution is -2.69. The number of rotatable bonds is 5. The first-order valence-corrected chi connectivity index (χ1v) is 16.5. The zero-order chi connectivity index (χ0) is 33.3. The third-order valence-corrected chi connectivity index (χ3v) is 11.2. The van der Waals surface area contributed by atoms with E-state index >= 15 is 0 Å². The van der Waals surface area contributed by atoms with Gasteiger partial charge in [-0.25, -0.2) is 4.79 Å². The van der Waals surface area contributed by atoms with Crippen molar-refractivity contribution in [2.45, 2.75) is 62.7 Å². The summed E-state index contributed by atoms with van der Waals surface area (Å²) in [5, 5.41) is 20.1. The number of thioether (sulfide) groups is 1. The van der Waals surface area contributed by atoms with Crippen molar-refractivity contribution < 1.29 is 47.9 Å². The van der Waals surface area contributed by atoms with Crippen molar-refractivity contribution in [3.63, 3.8) is 0 Å². The van der Waals surface area contributed by atoms with Gasteiger partial charge < -0.3 is 33.5 Å². The Bertz CT molecular complexity index is 1740. The van der Waals surface area contributed by atoms with E-state index < -0.39 is 47.1 Å². The summed E-state index contributed by atoms with van der Waals surface area (Å²) in [7, 11) is 3.55. The number of fused-ring (bicyclic) bond motifs is 9. The van der Waals surface area contributed by atoms with E-state index in [1.807, 2.05) is 14.0 Å². The number of nitrogens with zero attached hydrogens (tertiary/aromatic N) is 3. The molecule has 4 bridgehead atoms. The zero-order valence-electron chi connectivity index (χ0n) is 26.7. The number of ketones is 1. The van der Waals surface area contributed by atoms with Gasteiger partial charge in [0.1, 0.15) is 25.0 Å². The number of carbonyl (C=O) groups is 3. The van der Waals surface area contributed by atoms with Gasteiger partial charge in [-0.3, -0.25) is 19.4 Å². The van der Waals surface area contributed by atoms with Crippen LogP contribution >= 0.6 is 11.8 Å². The van der Waals surface area contributed by atoms with E-state index in [4.69, 9.17) is 28.4 Å². The molecule has 0 radical (unpaired) electrons. The van der Waals surface area contributed by atoms with E-state index in [2.05, 4.69) is 21.9 Å². The quantitative estimate of drug-likeness (QED) is 0.282. The number of aliphatic hydroxyl groups is 1. The minimum atomic E-state index is -0.947. The number of methoxy groups -OCH3 is 1. The van der Waals surface area contributed by atoms with Crippen LogP contribution in [0.1, 0.15) is 57.6 Å². The largest absolute Gasteiger partial charge is 0.493 e. The Hall–Kier alpha value is -4.03. The third-order valence-electron chi connectivity index (χ3n) is 9.86. The summed E-state index contributed by atoms with van der Waals surface area (Å²) < 4.78 is 35.7. The Morgan fingerprint density at radius 2 is 1.89 bits per heavy atom. The highest BCUT2D eigenvalue weighted by Gasteiger charge is 2.60. The summed E-state index contributed by atoms with van der Waals surface area (Å²) >= 11 is 1.24. The first-order chi connectivity index (χ1) is 22.6. The topological polar surface area (TPSA) is 157 Å². The van der Waals surface area contributed by atoms with Crippen molar-refractivity contribution in [2.75, 3.05) is 46.5 Å². The molecule has 5 aliphatic rings. The molecule has 5 heterocycles. The molecule has 7 rings (SSSR count). The Balaban J connectivity index is 1.56. The molecule has 0 saturated carbocycles. The fraction of sp³-hybridized carbons (Fsp3) is 0.515. The Morgan fingerprint density at radius 1 is 1.13 bits per heavy atom. The van der Waals surface area contributed by atoms with E-state index in [1.165, 1.54) is 18.7 Å². The molecule has 0 spiro atoms. The number of likely N-dealkylation sites (N-methyl/N-ethyl adjacent to an activating group) is 1. The first kappa shape index (κ1) is 31.6. The average Bonchev–Trinajstić information content (AvgIpc) is 3.53. The van der Waals surface area contributed by atoms with E-state index in [1.54, 1.807) is 14.0 Å². The summed E-state index contributed by atoms with van der Waals surface area (Å²) in [4.78, 5) is 42.7. The molecule has 1 unspecified atom stereocenters. The summed E-state index contributed by atoms with van der Waals surface area (Å²) in [6.07, 6.45) is 0.518. The number of hydrogen-bond donors (Lipinski definition) is 1. The SMILES string of the molecule is COc1c(C)cc2c(c1OCCO)[C@@H]1[C@@H]3[C@@H]4SCC(=O)C(=O)OCC(c5c6c(c(C)c(OC(C)=O)c54)OCO6)N3[C@@H](C#N)[C@H](C2)N1C. The number of Topliss-reactive ketones (excluding diaryl/α,β-unsaturated/α-hetero) is 1. The molecule has 2 saturated heterocycles. The van der Waals surface area contributed by atoms with Crippen molar-refractivity contribution in [3.8, 4) is 34.8 Å². The van der Waals surface area contributed by atoms with Gasteiger partial charge in [0, 0.05) is 41.3 Å². The monoisotopic (exact) mass is 665 g/mol. The van der Waals surface area contributed by atoms with Crippen LogP contribution in [0.3, 0.4) is 0 Å². The van der Waals surface area contributed by atoms with Crippen LogP contribution in [0.25, 0.3) is 0 Å². The van der Waals surface area contributed by atoms with Crippen LogP contribution in [-0.2, 0) is 25.5 Å². The number of carbonyl (C=O) groups excluding carboxylic acids is 3. The third kappa shape index (κ3) is 4.66. The zero-order valence-corrected chi connectivity index (χ0v) is 27.5. The molecular formula is C33H35N3O10S. The standard InChI is InChI=1S/C33H35N3O10S/c1-14-8-17-9-18-19(10-34)36-20-11-43-33(40)21(39)12-47-32(24-23(20)31-29(44-13-45-31)15(2)28(24)46-16(3)38)26(36)25(35(18)4)22(17)30(27(14)41-5)42-7-6-37/h8,18-20,25-26,32,37H,6-7,9,11-13H2,1-5H3/t18-,19-,20?,25+,26+,32+/m0/s1. The molecule has 0 aromatic heterocycles. The van der Waals surface area contributed by atoms with Crippen LogP contribution in [0.15, 0.2) is 6.07 Å². The van der Waals surface area contributed by atoms with Gasteiger partial charge >= 0.3 is 11.9 Å². The minimum Gasteiger partial charge on any atom is -0.493 e. The number of benzene rings is 2. The van der Waals surface area contributed by atoms with Crippen molar-refractivity contribution in [1.82, 2.24) is 9.80 Å². The van der Waals surface area contributed by atoms with Crippen molar-refractivity contribution in [2.24, 2.45) is 0 Å².